The summed E-state index contributed by atoms with van der Waals surface area (Å²) in [5, 5.41) is 0. The normalized spacial score (nSPS) is 13.2. The van der Waals surface area contributed by atoms with E-state index in [1.807, 2.05) is 27.7 Å². The Bertz CT molecular complexity index is 232. The first kappa shape index (κ1) is 12.9. The molecule has 13 heavy (non-hydrogen) atoms. The minimum absolute atomic E-state index is 0.0624. The summed E-state index contributed by atoms with van der Waals surface area (Å²) in [4.78, 5) is 0. The lowest BCUT2D eigenvalue weighted by atomic mass is 10.2. The fraction of sp³-hybridized carbons (Fsp3) is 1.00. The molecule has 80 valence electrons. The largest absolute Gasteiger partial charge is 0.214 e. The highest BCUT2D eigenvalue weighted by Crippen LogP contribution is 2.10. The maximum absolute atomic E-state index is 11.6. The zero-order valence-electron chi connectivity index (χ0n) is 9.24. The van der Waals surface area contributed by atoms with Crippen LogP contribution in [0.2, 0.25) is 0 Å². The highest BCUT2D eigenvalue weighted by molar-refractivity contribution is 7.89. The molecule has 3 nitrogen and oxygen atoms in total. The van der Waals surface area contributed by atoms with Crippen LogP contribution >= 0.6 is 0 Å². The van der Waals surface area contributed by atoms with E-state index in [4.69, 9.17) is 0 Å². The Morgan fingerprint density at radius 3 is 1.85 bits per heavy atom. The van der Waals surface area contributed by atoms with Crippen molar-refractivity contribution in [2.75, 3.05) is 12.3 Å². The van der Waals surface area contributed by atoms with Gasteiger partial charge in [0.15, 0.2) is 0 Å². The third kappa shape index (κ3) is 4.09. The molecule has 0 heterocycles. The summed E-state index contributed by atoms with van der Waals surface area (Å²) < 4.78 is 24.8. The van der Waals surface area contributed by atoms with Gasteiger partial charge in [0.05, 0.1) is 5.75 Å². The second-order valence-electron chi connectivity index (χ2n) is 3.96. The first-order valence-electron chi connectivity index (χ1n) is 4.80. The molecular formula is C9H21NO2S. The highest BCUT2D eigenvalue weighted by atomic mass is 32.2. The van der Waals surface area contributed by atoms with Crippen LogP contribution in [0.3, 0.4) is 0 Å². The van der Waals surface area contributed by atoms with Crippen LogP contribution in [0.25, 0.3) is 0 Å². The lowest BCUT2D eigenvalue weighted by Gasteiger charge is -2.26. The third-order valence-electron chi connectivity index (χ3n) is 1.84. The van der Waals surface area contributed by atoms with E-state index >= 15 is 0 Å². The molecule has 0 N–H and O–H groups in total. The van der Waals surface area contributed by atoms with Gasteiger partial charge >= 0.3 is 0 Å². The Hall–Kier alpha value is -0.0900. The number of rotatable bonds is 5. The molecule has 4 heteroatoms. The molecule has 0 fully saturated rings. The van der Waals surface area contributed by atoms with Gasteiger partial charge in [0.1, 0.15) is 0 Å². The van der Waals surface area contributed by atoms with Crippen molar-refractivity contribution in [3.8, 4) is 0 Å². The topological polar surface area (TPSA) is 37.4 Å². The Kier molecular flexibility index (Phi) is 4.92. The van der Waals surface area contributed by atoms with Crippen molar-refractivity contribution in [3.63, 3.8) is 0 Å². The SMILES string of the molecule is CCS(=O)(=O)N(CC(C)C)C(C)C. The lowest BCUT2D eigenvalue weighted by Crippen LogP contribution is -2.40. The maximum atomic E-state index is 11.6. The molecule has 0 rings (SSSR count). The Labute approximate surface area is 82.2 Å². The minimum atomic E-state index is -3.02. The lowest BCUT2D eigenvalue weighted by molar-refractivity contribution is 0.319. The Morgan fingerprint density at radius 1 is 1.15 bits per heavy atom. The van der Waals surface area contributed by atoms with E-state index in [2.05, 4.69) is 0 Å². The molecule has 0 unspecified atom stereocenters. The van der Waals surface area contributed by atoms with E-state index in [1.165, 1.54) is 0 Å². The van der Waals surface area contributed by atoms with E-state index in [-0.39, 0.29) is 11.8 Å². The monoisotopic (exact) mass is 207 g/mol. The summed E-state index contributed by atoms with van der Waals surface area (Å²) >= 11 is 0. The summed E-state index contributed by atoms with van der Waals surface area (Å²) in [6.45, 7) is 10.2. The summed E-state index contributed by atoms with van der Waals surface area (Å²) in [5.41, 5.74) is 0. The van der Waals surface area contributed by atoms with Crippen molar-refractivity contribution in [1.29, 1.82) is 0 Å². The molecule has 0 aliphatic rings. The summed E-state index contributed by atoms with van der Waals surface area (Å²) in [6.07, 6.45) is 0. The van der Waals surface area contributed by atoms with Crippen molar-refractivity contribution in [1.82, 2.24) is 4.31 Å². The average molecular weight is 207 g/mol. The smallest absolute Gasteiger partial charge is 0.212 e. The van der Waals surface area contributed by atoms with Gasteiger partial charge < -0.3 is 0 Å². The average Bonchev–Trinajstić information content (AvgIpc) is 1.99. The Balaban J connectivity index is 4.62. The maximum Gasteiger partial charge on any atom is 0.214 e. The molecule has 0 bridgehead atoms. The molecule has 0 radical (unpaired) electrons. The molecule has 0 aliphatic heterocycles. The molecule has 0 amide bonds. The van der Waals surface area contributed by atoms with Crippen LogP contribution in [-0.4, -0.2) is 31.1 Å². The fourth-order valence-corrected chi connectivity index (χ4v) is 2.67. The second kappa shape index (κ2) is 4.96. The van der Waals surface area contributed by atoms with Gasteiger partial charge in [-0.15, -0.1) is 0 Å². The quantitative estimate of drug-likeness (QED) is 0.688. The van der Waals surface area contributed by atoms with Crippen LogP contribution in [-0.2, 0) is 10.0 Å². The molecule has 0 aromatic carbocycles. The zero-order valence-corrected chi connectivity index (χ0v) is 10.1. The van der Waals surface area contributed by atoms with E-state index in [0.29, 0.717) is 12.5 Å². The number of hydrogen-bond acceptors (Lipinski definition) is 2. The van der Waals surface area contributed by atoms with Crippen molar-refractivity contribution in [2.45, 2.75) is 40.7 Å². The van der Waals surface area contributed by atoms with E-state index < -0.39 is 10.0 Å². The van der Waals surface area contributed by atoms with Crippen molar-refractivity contribution < 1.29 is 8.42 Å². The minimum Gasteiger partial charge on any atom is -0.212 e. The number of nitrogens with zero attached hydrogens (tertiary/aromatic N) is 1. The van der Waals surface area contributed by atoms with Crippen LogP contribution in [0.4, 0.5) is 0 Å². The molecule has 0 atom stereocenters. The molecule has 0 aromatic heterocycles. The van der Waals surface area contributed by atoms with E-state index in [0.717, 1.165) is 0 Å². The van der Waals surface area contributed by atoms with Gasteiger partial charge in [-0.2, -0.15) is 4.31 Å². The van der Waals surface area contributed by atoms with Gasteiger partial charge in [0, 0.05) is 12.6 Å². The van der Waals surface area contributed by atoms with Crippen molar-refractivity contribution in [2.24, 2.45) is 5.92 Å². The zero-order chi connectivity index (χ0) is 10.6. The predicted molar refractivity (Wildman–Crippen MR) is 56.1 cm³/mol. The predicted octanol–water partition coefficient (Wildman–Crippen LogP) is 1.70. The first-order chi connectivity index (χ1) is 5.81. The molecule has 0 saturated heterocycles. The molecule has 0 spiro atoms. The van der Waals surface area contributed by atoms with Gasteiger partial charge in [0.2, 0.25) is 10.0 Å². The summed E-state index contributed by atoms with van der Waals surface area (Å²) in [6, 6.07) is 0.0624. The molecule has 0 aliphatic carbocycles. The molecule has 0 aromatic rings. The van der Waals surface area contributed by atoms with E-state index in [1.54, 1.807) is 11.2 Å². The van der Waals surface area contributed by atoms with Crippen LogP contribution in [0.15, 0.2) is 0 Å². The molecular weight excluding hydrogens is 186 g/mol. The van der Waals surface area contributed by atoms with Gasteiger partial charge in [-0.3, -0.25) is 0 Å². The van der Waals surface area contributed by atoms with Crippen LogP contribution in [0.1, 0.15) is 34.6 Å². The second-order valence-corrected chi connectivity index (χ2v) is 6.17. The number of hydrogen-bond donors (Lipinski definition) is 0. The summed E-state index contributed by atoms with van der Waals surface area (Å²) in [5.74, 6) is 0.571. The van der Waals surface area contributed by atoms with Gasteiger partial charge in [0.25, 0.3) is 0 Å². The molecule has 0 saturated carbocycles. The first-order valence-corrected chi connectivity index (χ1v) is 6.41. The third-order valence-corrected chi connectivity index (χ3v) is 3.86. The van der Waals surface area contributed by atoms with Gasteiger partial charge in [-0.25, -0.2) is 8.42 Å². The standard InChI is InChI=1S/C9H21NO2S/c1-6-13(11,12)10(9(4)5)7-8(2)3/h8-9H,6-7H2,1-5H3. The highest BCUT2D eigenvalue weighted by Gasteiger charge is 2.23. The van der Waals surface area contributed by atoms with E-state index in [9.17, 15) is 8.42 Å². The van der Waals surface area contributed by atoms with Crippen LogP contribution in [0, 0.1) is 5.92 Å². The van der Waals surface area contributed by atoms with Crippen LogP contribution < -0.4 is 0 Å². The van der Waals surface area contributed by atoms with Crippen molar-refractivity contribution in [3.05, 3.63) is 0 Å². The van der Waals surface area contributed by atoms with Gasteiger partial charge in [-0.1, -0.05) is 13.8 Å². The number of sulfonamides is 1. The van der Waals surface area contributed by atoms with Crippen molar-refractivity contribution >= 4 is 10.0 Å². The fourth-order valence-electron chi connectivity index (χ4n) is 1.17. The summed E-state index contributed by atoms with van der Waals surface area (Å²) in [7, 11) is -3.02. The van der Waals surface area contributed by atoms with Crippen LogP contribution in [0.5, 0.6) is 0 Å². The Morgan fingerprint density at radius 2 is 1.62 bits per heavy atom. The van der Waals surface area contributed by atoms with Gasteiger partial charge in [-0.05, 0) is 26.7 Å².